The number of aromatic nitrogens is 2. The minimum absolute atomic E-state index is 0.0703. The smallest absolute Gasteiger partial charge is 0.229 e. The van der Waals surface area contributed by atoms with E-state index < -0.39 is 15.1 Å². The number of sulfone groups is 1. The summed E-state index contributed by atoms with van der Waals surface area (Å²) in [5, 5.41) is 5.99. The van der Waals surface area contributed by atoms with Gasteiger partial charge in [-0.05, 0) is 109 Å². The molecule has 2 aromatic carbocycles. The molecule has 0 atom stereocenters. The first-order valence-electron chi connectivity index (χ1n) is 16.8. The highest BCUT2D eigenvalue weighted by atomic mass is 32.2. The van der Waals surface area contributed by atoms with E-state index in [0.29, 0.717) is 55.1 Å². The number of nitrogens with one attached hydrogen (secondary N) is 2. The molecule has 0 radical (unpaired) electrons. The monoisotopic (exact) mass is 678 g/mol. The van der Waals surface area contributed by atoms with Crippen LogP contribution in [-0.4, -0.2) is 59.5 Å². The summed E-state index contributed by atoms with van der Waals surface area (Å²) in [6.07, 6.45) is 6.54. The molecule has 48 heavy (non-hydrogen) atoms. The van der Waals surface area contributed by atoms with Gasteiger partial charge in [-0.15, -0.1) is 0 Å². The van der Waals surface area contributed by atoms with Crippen LogP contribution in [0.1, 0.15) is 95.2 Å². The molecule has 1 aromatic heterocycles. The normalized spacial score (nSPS) is 14.0. The third kappa shape index (κ3) is 9.46. The van der Waals surface area contributed by atoms with Crippen LogP contribution in [0.15, 0.2) is 47.5 Å². The largest absolute Gasteiger partial charge is 0.489 e. The van der Waals surface area contributed by atoms with E-state index in [2.05, 4.69) is 34.7 Å². The lowest BCUT2D eigenvalue weighted by atomic mass is 9.86. The molecular formula is C36H50N6O5S. The van der Waals surface area contributed by atoms with Gasteiger partial charge in [0.15, 0.2) is 9.84 Å². The summed E-state index contributed by atoms with van der Waals surface area (Å²) in [7, 11) is -3.52. The topological polar surface area (TPSA) is 157 Å². The Morgan fingerprint density at radius 3 is 2.31 bits per heavy atom. The Labute approximate surface area is 285 Å². The van der Waals surface area contributed by atoms with Gasteiger partial charge in [0, 0.05) is 37.7 Å². The fourth-order valence-corrected chi connectivity index (χ4v) is 7.09. The Morgan fingerprint density at radius 2 is 1.65 bits per heavy atom. The second-order valence-corrected chi connectivity index (χ2v) is 15.6. The van der Waals surface area contributed by atoms with Crippen molar-refractivity contribution in [2.45, 2.75) is 109 Å². The molecule has 0 aliphatic carbocycles. The maximum Gasteiger partial charge on any atom is 0.229 e. The number of carbonyl (C=O) groups excluding carboxylic acids is 2. The molecule has 11 nitrogen and oxygen atoms in total. The molecule has 4 rings (SSSR count). The van der Waals surface area contributed by atoms with Gasteiger partial charge in [0.05, 0.1) is 27.6 Å². The van der Waals surface area contributed by atoms with Gasteiger partial charge in [0.1, 0.15) is 11.6 Å². The van der Waals surface area contributed by atoms with E-state index in [1.807, 2.05) is 25.7 Å². The Bertz CT molecular complexity index is 1700. The average Bonchev–Trinajstić information content (AvgIpc) is 3.03. The maximum absolute atomic E-state index is 13.0. The van der Waals surface area contributed by atoms with Crippen LogP contribution < -0.4 is 21.1 Å². The summed E-state index contributed by atoms with van der Waals surface area (Å²) in [5.74, 6) is 1.69. The van der Waals surface area contributed by atoms with Crippen molar-refractivity contribution in [1.82, 2.24) is 14.9 Å². The first-order valence-corrected chi connectivity index (χ1v) is 18.4. The number of likely N-dealkylation sites (tertiary alicyclic amines) is 1. The standard InChI is InChI=1S/C36H50N6O5S/c1-23(2)47-31-21-28(27-16-18-42(19-17-27)34(44)15-9-7-8-14-33(37)43)25(5)20-30(31)40-36-38-22-26(6)35(41-36)39-29-12-10-11-13-32(29)48(45,46)24(3)4/h10-13,20-24,27H,7-9,14-19H2,1-6H3,(H2,37,43)(H2,38,39,40,41). The van der Waals surface area contributed by atoms with E-state index in [1.54, 1.807) is 44.3 Å². The molecule has 2 amide bonds. The van der Waals surface area contributed by atoms with Crippen molar-refractivity contribution >= 4 is 44.8 Å². The number of nitrogens with zero attached hydrogens (tertiary/aromatic N) is 3. The van der Waals surface area contributed by atoms with Crippen molar-refractivity contribution in [2.24, 2.45) is 5.73 Å². The Hall–Kier alpha value is -4.19. The van der Waals surface area contributed by atoms with Crippen molar-refractivity contribution in [3.63, 3.8) is 0 Å². The van der Waals surface area contributed by atoms with Crippen LogP contribution in [-0.2, 0) is 19.4 Å². The number of rotatable bonds is 15. The fourth-order valence-electron chi connectivity index (χ4n) is 5.89. The van der Waals surface area contributed by atoms with Crippen LogP contribution in [0.3, 0.4) is 0 Å². The predicted octanol–water partition coefficient (Wildman–Crippen LogP) is 6.69. The van der Waals surface area contributed by atoms with Crippen molar-refractivity contribution < 1.29 is 22.7 Å². The summed E-state index contributed by atoms with van der Waals surface area (Å²) in [4.78, 5) is 35.1. The minimum atomic E-state index is -3.52. The highest BCUT2D eigenvalue weighted by Gasteiger charge is 2.26. The van der Waals surface area contributed by atoms with Crippen molar-refractivity contribution in [2.75, 3.05) is 23.7 Å². The second kappa shape index (κ2) is 16.3. The van der Waals surface area contributed by atoms with E-state index in [9.17, 15) is 18.0 Å². The highest BCUT2D eigenvalue weighted by Crippen LogP contribution is 2.38. The van der Waals surface area contributed by atoms with E-state index in [4.69, 9.17) is 15.5 Å². The van der Waals surface area contributed by atoms with Crippen LogP contribution in [0.5, 0.6) is 5.75 Å². The van der Waals surface area contributed by atoms with Crippen molar-refractivity contribution in [3.8, 4) is 5.75 Å². The van der Waals surface area contributed by atoms with Gasteiger partial charge in [0.2, 0.25) is 17.8 Å². The lowest BCUT2D eigenvalue weighted by Crippen LogP contribution is -2.37. The number of amides is 2. The van der Waals surface area contributed by atoms with E-state index in [1.165, 1.54) is 5.56 Å². The molecular weight excluding hydrogens is 629 g/mol. The zero-order valence-corrected chi connectivity index (χ0v) is 29.8. The zero-order valence-electron chi connectivity index (χ0n) is 29.0. The summed E-state index contributed by atoms with van der Waals surface area (Å²) < 4.78 is 32.3. The fraction of sp³-hybridized carbons (Fsp3) is 0.500. The molecule has 12 heteroatoms. The number of ether oxygens (including phenoxy) is 1. The number of anilines is 4. The highest BCUT2D eigenvalue weighted by molar-refractivity contribution is 7.92. The number of nitrogens with two attached hydrogens (primary N) is 1. The summed E-state index contributed by atoms with van der Waals surface area (Å²) in [6.45, 7) is 12.7. The van der Waals surface area contributed by atoms with Crippen LogP contribution in [0.2, 0.25) is 0 Å². The minimum Gasteiger partial charge on any atom is -0.489 e. The van der Waals surface area contributed by atoms with Gasteiger partial charge < -0.3 is 26.0 Å². The number of hydrogen-bond acceptors (Lipinski definition) is 9. The zero-order chi connectivity index (χ0) is 35.0. The van der Waals surface area contributed by atoms with Crippen LogP contribution >= 0.6 is 0 Å². The van der Waals surface area contributed by atoms with Crippen LogP contribution in [0.4, 0.5) is 23.1 Å². The van der Waals surface area contributed by atoms with Crippen LogP contribution in [0, 0.1) is 13.8 Å². The van der Waals surface area contributed by atoms with E-state index in [0.717, 1.165) is 48.9 Å². The van der Waals surface area contributed by atoms with Gasteiger partial charge in [-0.25, -0.2) is 13.4 Å². The van der Waals surface area contributed by atoms with E-state index >= 15 is 0 Å². The lowest BCUT2D eigenvalue weighted by Gasteiger charge is -2.33. The molecule has 4 N–H and O–H groups in total. The third-order valence-electron chi connectivity index (χ3n) is 8.62. The number of para-hydroxylation sites is 1. The van der Waals surface area contributed by atoms with Gasteiger partial charge in [-0.3, -0.25) is 9.59 Å². The second-order valence-electron chi connectivity index (χ2n) is 13.1. The Balaban J connectivity index is 1.49. The molecule has 1 saturated heterocycles. The van der Waals surface area contributed by atoms with Gasteiger partial charge >= 0.3 is 0 Å². The van der Waals surface area contributed by atoms with Crippen molar-refractivity contribution in [3.05, 3.63) is 59.3 Å². The Morgan fingerprint density at radius 1 is 0.958 bits per heavy atom. The SMILES string of the molecule is Cc1cc(Nc2ncc(C)c(Nc3ccccc3S(=O)(=O)C(C)C)n2)c(OC(C)C)cc1C1CCN(C(=O)CCCCCC(N)=O)CC1. The lowest BCUT2D eigenvalue weighted by molar-refractivity contribution is -0.132. The average molecular weight is 679 g/mol. The summed E-state index contributed by atoms with van der Waals surface area (Å²) in [5.41, 5.74) is 9.45. The maximum atomic E-state index is 13.0. The first kappa shape index (κ1) is 36.6. The molecule has 0 saturated carbocycles. The summed E-state index contributed by atoms with van der Waals surface area (Å²) in [6, 6.07) is 11.0. The predicted molar refractivity (Wildman–Crippen MR) is 190 cm³/mol. The number of unbranched alkanes of at least 4 members (excludes halogenated alkanes) is 2. The third-order valence-corrected chi connectivity index (χ3v) is 10.8. The van der Waals surface area contributed by atoms with Crippen LogP contribution in [0.25, 0.3) is 0 Å². The first-order chi connectivity index (χ1) is 22.8. The number of aryl methyl sites for hydroxylation is 2. The molecule has 1 fully saturated rings. The molecule has 3 aromatic rings. The molecule has 1 aliphatic heterocycles. The number of benzene rings is 2. The van der Waals surface area contributed by atoms with Gasteiger partial charge in [-0.2, -0.15) is 4.98 Å². The van der Waals surface area contributed by atoms with Gasteiger partial charge in [0.25, 0.3) is 0 Å². The summed E-state index contributed by atoms with van der Waals surface area (Å²) >= 11 is 0. The molecule has 2 heterocycles. The molecule has 0 unspecified atom stereocenters. The van der Waals surface area contributed by atoms with Crippen molar-refractivity contribution in [1.29, 1.82) is 0 Å². The molecule has 0 spiro atoms. The quantitative estimate of drug-likeness (QED) is 0.149. The number of hydrogen-bond donors (Lipinski definition) is 3. The van der Waals surface area contributed by atoms with Gasteiger partial charge in [-0.1, -0.05) is 18.6 Å². The molecule has 0 bridgehead atoms. The molecule has 1 aliphatic rings. The molecule has 260 valence electrons. The Kier molecular flexibility index (Phi) is 12.4. The number of carbonyl (C=O) groups is 2. The number of primary amides is 1. The van der Waals surface area contributed by atoms with E-state index in [-0.39, 0.29) is 22.8 Å². The number of piperidine rings is 1.